The minimum atomic E-state index is -0.228. The van der Waals surface area contributed by atoms with E-state index >= 15 is 0 Å². The Balaban J connectivity index is 0.000000106. The summed E-state index contributed by atoms with van der Waals surface area (Å²) in [4.78, 5) is 7.03. The highest BCUT2D eigenvalue weighted by molar-refractivity contribution is 7.00. The molecule has 0 unspecified atom stereocenters. The zero-order valence-electron chi connectivity index (χ0n) is 80.9. The van der Waals surface area contributed by atoms with Crippen LogP contribution in [0.15, 0.2) is 461 Å². The summed E-state index contributed by atoms with van der Waals surface area (Å²) in [5.74, 6) is 10.7. The lowest BCUT2D eigenvalue weighted by molar-refractivity contribution is 0.464. The fraction of sp³-hybridized carbons (Fsp3) is 0.0677. The molecule has 0 bridgehead atoms. The van der Waals surface area contributed by atoms with Gasteiger partial charge in [0.05, 0.1) is 0 Å². The van der Waals surface area contributed by atoms with Crippen molar-refractivity contribution >= 4 is 131 Å². The molecular formula is C133H94B3N3O6. The quantitative estimate of drug-likeness (QED) is 0.118. The van der Waals surface area contributed by atoms with E-state index in [9.17, 15) is 0 Å². The summed E-state index contributed by atoms with van der Waals surface area (Å²) in [6.45, 7) is 14.2. The summed E-state index contributed by atoms with van der Waals surface area (Å²) < 4.78 is 40.2. The van der Waals surface area contributed by atoms with Gasteiger partial charge >= 0.3 is 0 Å². The number of benzene rings is 21. The van der Waals surface area contributed by atoms with Gasteiger partial charge in [0.25, 0.3) is 20.1 Å². The van der Waals surface area contributed by atoms with Gasteiger partial charge in [0.1, 0.15) is 69.0 Å². The van der Waals surface area contributed by atoms with Crippen molar-refractivity contribution in [3.05, 3.63) is 494 Å². The third-order valence-electron chi connectivity index (χ3n) is 31.5. The lowest BCUT2D eigenvalue weighted by atomic mass is 9.34. The first-order valence-corrected chi connectivity index (χ1v) is 50.2. The molecule has 0 spiro atoms. The van der Waals surface area contributed by atoms with E-state index in [1.165, 1.54) is 116 Å². The molecular weight excluding hydrogens is 1770 g/mol. The second-order valence-electron chi connectivity index (χ2n) is 40.7. The number of rotatable bonds is 11. The molecule has 21 aromatic carbocycles. The lowest BCUT2D eigenvalue weighted by Crippen LogP contribution is -2.57. The Kier molecular flexibility index (Phi) is 19.5. The van der Waals surface area contributed by atoms with E-state index in [4.69, 9.17) is 28.4 Å². The van der Waals surface area contributed by atoms with Crippen molar-refractivity contribution in [2.75, 3.05) is 14.7 Å². The van der Waals surface area contributed by atoms with Crippen molar-refractivity contribution in [2.45, 2.75) is 57.8 Å². The second kappa shape index (κ2) is 33.2. The predicted molar refractivity (Wildman–Crippen MR) is 598 cm³/mol. The van der Waals surface area contributed by atoms with Gasteiger partial charge in [-0.15, -0.1) is 0 Å². The minimum absolute atomic E-state index is 0.00520. The molecule has 0 amide bonds. The fourth-order valence-electron chi connectivity index (χ4n) is 24.6. The highest BCUT2D eigenvalue weighted by Gasteiger charge is 2.50. The van der Waals surface area contributed by atoms with Gasteiger partial charge in [0, 0.05) is 94.8 Å². The average molecular weight is 1860 g/mol. The van der Waals surface area contributed by atoms with Crippen molar-refractivity contribution in [2.24, 2.45) is 0 Å². The van der Waals surface area contributed by atoms with E-state index < -0.39 is 0 Å². The third-order valence-corrected chi connectivity index (χ3v) is 31.5. The van der Waals surface area contributed by atoms with Crippen LogP contribution in [0.25, 0.3) is 66.4 Å². The Bertz CT molecular complexity index is 8540. The Morgan fingerprint density at radius 1 is 0.172 bits per heavy atom. The smallest absolute Gasteiger partial charge is 0.260 e. The van der Waals surface area contributed by atoms with Crippen molar-refractivity contribution in [1.29, 1.82) is 0 Å². The number of fused-ring (bicyclic) bond motifs is 23. The Labute approximate surface area is 845 Å². The number of ether oxygens (including phenoxy) is 6. The molecule has 0 radical (unpaired) electrons. The van der Waals surface area contributed by atoms with Crippen LogP contribution < -0.4 is 92.3 Å². The van der Waals surface area contributed by atoms with Crippen LogP contribution in [0, 0.1) is 0 Å². The van der Waals surface area contributed by atoms with E-state index in [0.29, 0.717) is 0 Å². The van der Waals surface area contributed by atoms with Crippen molar-refractivity contribution in [3.63, 3.8) is 0 Å². The minimum Gasteiger partial charge on any atom is -0.458 e. The van der Waals surface area contributed by atoms with E-state index in [2.05, 4.69) is 499 Å². The molecule has 0 fully saturated rings. The van der Waals surface area contributed by atoms with Crippen LogP contribution in [0.1, 0.15) is 74.9 Å². The van der Waals surface area contributed by atoms with Gasteiger partial charge in [-0.2, -0.15) is 0 Å². The fourth-order valence-corrected chi connectivity index (χ4v) is 24.6. The van der Waals surface area contributed by atoms with E-state index in [-0.39, 0.29) is 36.4 Å². The van der Waals surface area contributed by atoms with Crippen LogP contribution in [-0.2, 0) is 16.2 Å². The maximum Gasteiger partial charge on any atom is 0.260 e. The zero-order valence-corrected chi connectivity index (χ0v) is 80.9. The molecule has 0 saturated carbocycles. The molecule has 21 aromatic rings. The number of nitrogens with zero attached hydrogens (tertiary/aromatic N) is 3. The van der Waals surface area contributed by atoms with Crippen LogP contribution >= 0.6 is 0 Å². The van der Waals surface area contributed by atoms with Crippen LogP contribution in [0.3, 0.4) is 0 Å². The average Bonchev–Trinajstić information content (AvgIpc) is 1.66. The van der Waals surface area contributed by atoms with Gasteiger partial charge in [-0.05, 0) is 291 Å². The molecule has 145 heavy (non-hydrogen) atoms. The summed E-state index contributed by atoms with van der Waals surface area (Å²) in [6.07, 6.45) is 0. The SMILES string of the molecule is CC1(C)c2cc(N(c3ccccc3)c3ccccc3)ccc2-c2cc3c(cc21)B1c2cc(-c4ccccc4)ccc2Oc2cccc(c21)O3.CC1(C)c2cc(N(c3ccccc3)c3ccccc3)ccc2-c2cc3c(cc21)B1c2ccc4ccccc4c2Oc2cccc(c21)O3.CC1(C)c2cc(N(c3ccccc3)c3ccccc3)ccc2-c2cc3c(cc21)B1c2cccc(-c4ccccc4)c2Oc2cccc(c21)O3. The Morgan fingerprint density at radius 3 is 0.862 bits per heavy atom. The zero-order chi connectivity index (χ0) is 96.7. The van der Waals surface area contributed by atoms with Crippen LogP contribution in [0.2, 0.25) is 0 Å². The molecule has 9 aliphatic rings. The topological polar surface area (TPSA) is 65.1 Å². The number of para-hydroxylation sites is 7. The van der Waals surface area contributed by atoms with Crippen LogP contribution in [0.4, 0.5) is 51.2 Å². The molecule has 0 saturated heterocycles. The number of hydrogen-bond acceptors (Lipinski definition) is 9. The van der Waals surface area contributed by atoms with Gasteiger partial charge in [-0.25, -0.2) is 0 Å². The standard InChI is InChI=1S/2C45H32BNO2.C43H30BNO2/c1-45(2)36-26-32(47(30-16-8-4-9-17-30)31-18-10-5-11-19-31)24-25-34(36)35-27-42-39(28-37(35)45)46-38-21-12-20-33(29-14-6-3-7-15-29)44(38)49-41-23-13-22-40(48-42)43(41)46;1-45(2)36-26-33(47(31-15-8-4-9-16-31)32-17-10-5-11-18-32)22-23-34(36)35-27-43-39(28-37(35)45)46-38-25-30(29-13-6-3-7-14-29)21-24-40(38)48-41-19-12-20-42(49-43)44(41)46;1-43(2)34-24-30(45(28-13-5-3-6-14-28)29-15-7-4-8-16-29)21-22-32(34)33-25-40-37(26-35(33)43)44-36-23-20-27-12-9-10-17-31(27)42(36)47-39-19-11-18-38(46-40)41(39)44/h2*3-28H,1-2H3;3-26H,1-2H3. The van der Waals surface area contributed by atoms with Gasteiger partial charge < -0.3 is 43.1 Å². The normalized spacial score (nSPS) is 14.0. The molecule has 12 heteroatoms. The first-order chi connectivity index (χ1) is 71.2. The van der Waals surface area contributed by atoms with Gasteiger partial charge in [0.15, 0.2) is 0 Å². The van der Waals surface area contributed by atoms with Gasteiger partial charge in [-0.3, -0.25) is 0 Å². The highest BCUT2D eigenvalue weighted by atomic mass is 16.5. The van der Waals surface area contributed by atoms with Crippen molar-refractivity contribution in [1.82, 2.24) is 0 Å². The summed E-state index contributed by atoms with van der Waals surface area (Å²) in [6, 6.07) is 164. The molecule has 0 N–H and O–H groups in total. The Hall–Kier alpha value is -17.7. The van der Waals surface area contributed by atoms with Crippen LogP contribution in [0.5, 0.6) is 69.0 Å². The summed E-state index contributed by atoms with van der Waals surface area (Å²) in [5.41, 5.74) is 40.0. The van der Waals surface area contributed by atoms with Crippen LogP contribution in [-0.4, -0.2) is 20.1 Å². The summed E-state index contributed by atoms with van der Waals surface area (Å²) >= 11 is 0. The summed E-state index contributed by atoms with van der Waals surface area (Å²) in [7, 11) is 0. The Morgan fingerprint density at radius 2 is 0.476 bits per heavy atom. The summed E-state index contributed by atoms with van der Waals surface area (Å²) in [5, 5.41) is 2.32. The predicted octanol–water partition coefficient (Wildman–Crippen LogP) is 29.1. The third kappa shape index (κ3) is 13.6. The largest absolute Gasteiger partial charge is 0.458 e. The first kappa shape index (κ1) is 85.3. The monoisotopic (exact) mass is 1860 g/mol. The van der Waals surface area contributed by atoms with Crippen molar-refractivity contribution < 1.29 is 28.4 Å². The second-order valence-corrected chi connectivity index (χ2v) is 40.7. The molecule has 6 aliphatic heterocycles. The maximum atomic E-state index is 6.75. The van der Waals surface area contributed by atoms with Gasteiger partial charge in [-0.1, -0.05) is 333 Å². The molecule has 3 aliphatic carbocycles. The van der Waals surface area contributed by atoms with E-state index in [1.807, 2.05) is 18.2 Å². The van der Waals surface area contributed by atoms with E-state index in [0.717, 1.165) is 153 Å². The molecule has 30 rings (SSSR count). The number of hydrogen-bond donors (Lipinski definition) is 0. The molecule has 686 valence electrons. The molecule has 9 nitrogen and oxygen atoms in total. The first-order valence-electron chi connectivity index (χ1n) is 50.2. The van der Waals surface area contributed by atoms with Crippen molar-refractivity contribution in [3.8, 4) is 125 Å². The molecule has 0 atom stereocenters. The highest BCUT2D eigenvalue weighted by Crippen LogP contribution is 2.58. The van der Waals surface area contributed by atoms with E-state index in [1.54, 1.807) is 0 Å². The lowest BCUT2D eigenvalue weighted by Gasteiger charge is -2.34. The van der Waals surface area contributed by atoms with Gasteiger partial charge in [0.2, 0.25) is 0 Å². The number of anilines is 9. The molecule has 6 heterocycles. The maximum absolute atomic E-state index is 6.75. The molecule has 0 aromatic heterocycles.